The molecule has 0 radical (unpaired) electrons. The molecule has 0 saturated heterocycles. The van der Waals surface area contributed by atoms with Crippen LogP contribution in [0.15, 0.2) is 0 Å². The zero-order chi connectivity index (χ0) is 10.3. The van der Waals surface area contributed by atoms with E-state index < -0.39 is 0 Å². The Morgan fingerprint density at radius 2 is 2.14 bits per heavy atom. The minimum Gasteiger partial charge on any atom is -0.390 e. The second-order valence-corrected chi connectivity index (χ2v) is 5.97. The van der Waals surface area contributed by atoms with Crippen LogP contribution in [0.3, 0.4) is 0 Å². The molecule has 2 rings (SSSR count). The number of hydrogen-bond donors (Lipinski definition) is 1. The van der Waals surface area contributed by atoms with Gasteiger partial charge < -0.3 is 5.73 Å². The van der Waals surface area contributed by atoms with Crippen molar-refractivity contribution in [1.82, 2.24) is 0 Å². The first kappa shape index (κ1) is 10.0. The van der Waals surface area contributed by atoms with Crippen LogP contribution >= 0.6 is 11.3 Å². The molecule has 1 nitrogen and oxygen atoms in total. The highest BCUT2D eigenvalue weighted by Crippen LogP contribution is 2.45. The molecule has 0 unspecified atom stereocenters. The summed E-state index contributed by atoms with van der Waals surface area (Å²) in [5.41, 5.74) is 9.43. The number of nitrogens with two attached hydrogens (primary N) is 1. The van der Waals surface area contributed by atoms with Crippen molar-refractivity contribution in [3.05, 3.63) is 16.0 Å². The standard InChI is InChI=1S/C12H19NS/c1-4-8-10-9(14-11(8)13)6-5-7-12(10,2)3/h4-7,13H2,1-3H3. The normalized spacial score (nSPS) is 19.4. The van der Waals surface area contributed by atoms with Crippen molar-refractivity contribution < 1.29 is 0 Å². The van der Waals surface area contributed by atoms with Gasteiger partial charge in [-0.25, -0.2) is 0 Å². The van der Waals surface area contributed by atoms with Gasteiger partial charge in [-0.05, 0) is 42.2 Å². The molecule has 0 aromatic carbocycles. The van der Waals surface area contributed by atoms with Gasteiger partial charge in [-0.3, -0.25) is 0 Å². The molecule has 0 fully saturated rings. The fourth-order valence-electron chi connectivity index (χ4n) is 2.67. The van der Waals surface area contributed by atoms with Crippen LogP contribution in [0.1, 0.15) is 49.6 Å². The fourth-order valence-corrected chi connectivity index (χ4v) is 4.05. The quantitative estimate of drug-likeness (QED) is 0.752. The average molecular weight is 209 g/mol. The third-order valence-corrected chi connectivity index (χ3v) is 4.47. The van der Waals surface area contributed by atoms with Crippen LogP contribution in [0.5, 0.6) is 0 Å². The zero-order valence-corrected chi connectivity index (χ0v) is 10.1. The minimum absolute atomic E-state index is 0.354. The molecule has 2 heteroatoms. The molecule has 1 heterocycles. The molecule has 0 spiro atoms. The molecule has 1 aromatic rings. The first-order valence-electron chi connectivity index (χ1n) is 5.46. The van der Waals surface area contributed by atoms with E-state index in [4.69, 9.17) is 5.73 Å². The van der Waals surface area contributed by atoms with Gasteiger partial charge >= 0.3 is 0 Å². The van der Waals surface area contributed by atoms with E-state index in [-0.39, 0.29) is 0 Å². The number of nitrogen functional groups attached to an aromatic ring is 1. The van der Waals surface area contributed by atoms with Crippen molar-refractivity contribution in [2.75, 3.05) is 5.73 Å². The lowest BCUT2D eigenvalue weighted by Gasteiger charge is -2.31. The summed E-state index contributed by atoms with van der Waals surface area (Å²) in [4.78, 5) is 1.55. The number of rotatable bonds is 1. The maximum atomic E-state index is 6.07. The molecule has 14 heavy (non-hydrogen) atoms. The minimum atomic E-state index is 0.354. The second kappa shape index (κ2) is 3.27. The summed E-state index contributed by atoms with van der Waals surface area (Å²) >= 11 is 1.82. The highest BCUT2D eigenvalue weighted by atomic mass is 32.1. The second-order valence-electron chi connectivity index (χ2n) is 4.83. The van der Waals surface area contributed by atoms with E-state index in [1.807, 2.05) is 11.3 Å². The molecule has 0 atom stereocenters. The first-order chi connectivity index (χ1) is 6.56. The summed E-state index contributed by atoms with van der Waals surface area (Å²) in [5.74, 6) is 0. The maximum Gasteiger partial charge on any atom is 0.0894 e. The van der Waals surface area contributed by atoms with E-state index in [1.165, 1.54) is 24.8 Å². The third-order valence-electron chi connectivity index (χ3n) is 3.35. The Bertz CT molecular complexity index is 349. The van der Waals surface area contributed by atoms with Crippen LogP contribution in [0.2, 0.25) is 0 Å². The van der Waals surface area contributed by atoms with Crippen molar-refractivity contribution in [2.45, 2.75) is 51.9 Å². The SMILES string of the molecule is CCc1c(N)sc2c1C(C)(C)CCC2. The predicted molar refractivity (Wildman–Crippen MR) is 64.1 cm³/mol. The molecule has 1 aliphatic rings. The fraction of sp³-hybridized carbons (Fsp3) is 0.667. The summed E-state index contributed by atoms with van der Waals surface area (Å²) in [5, 5.41) is 1.06. The Kier molecular flexibility index (Phi) is 2.34. The largest absolute Gasteiger partial charge is 0.390 e. The van der Waals surface area contributed by atoms with Crippen LogP contribution < -0.4 is 5.73 Å². The van der Waals surface area contributed by atoms with Gasteiger partial charge in [-0.15, -0.1) is 11.3 Å². The summed E-state index contributed by atoms with van der Waals surface area (Å²) in [7, 11) is 0. The number of thiophene rings is 1. The lowest BCUT2D eigenvalue weighted by Crippen LogP contribution is -2.23. The van der Waals surface area contributed by atoms with Crippen LogP contribution in [-0.4, -0.2) is 0 Å². The van der Waals surface area contributed by atoms with Crippen LogP contribution in [0, 0.1) is 0 Å². The van der Waals surface area contributed by atoms with Crippen molar-refractivity contribution in [1.29, 1.82) is 0 Å². The van der Waals surface area contributed by atoms with E-state index in [1.54, 1.807) is 10.4 Å². The number of aryl methyl sites for hydroxylation is 1. The Labute approximate surface area is 90.3 Å². The Balaban J connectivity index is 2.59. The van der Waals surface area contributed by atoms with Gasteiger partial charge in [-0.1, -0.05) is 20.8 Å². The van der Waals surface area contributed by atoms with E-state index in [2.05, 4.69) is 20.8 Å². The van der Waals surface area contributed by atoms with Crippen molar-refractivity contribution in [2.24, 2.45) is 0 Å². The van der Waals surface area contributed by atoms with Gasteiger partial charge in [0.1, 0.15) is 0 Å². The van der Waals surface area contributed by atoms with Gasteiger partial charge in [0, 0.05) is 4.88 Å². The summed E-state index contributed by atoms with van der Waals surface area (Å²) in [6, 6.07) is 0. The highest BCUT2D eigenvalue weighted by molar-refractivity contribution is 7.16. The smallest absolute Gasteiger partial charge is 0.0894 e. The predicted octanol–water partition coefficient (Wildman–Crippen LogP) is 3.51. The van der Waals surface area contributed by atoms with Gasteiger partial charge in [0.05, 0.1) is 5.00 Å². The lowest BCUT2D eigenvalue weighted by atomic mass is 9.74. The van der Waals surface area contributed by atoms with Gasteiger partial charge in [0.25, 0.3) is 0 Å². The molecule has 0 bridgehead atoms. The summed E-state index contributed by atoms with van der Waals surface area (Å²) in [6.45, 7) is 6.93. The lowest BCUT2D eigenvalue weighted by molar-refractivity contribution is 0.433. The molecular weight excluding hydrogens is 190 g/mol. The molecular formula is C12H19NS. The Hall–Kier alpha value is -0.500. The van der Waals surface area contributed by atoms with Crippen molar-refractivity contribution in [3.8, 4) is 0 Å². The van der Waals surface area contributed by atoms with Crippen LogP contribution in [-0.2, 0) is 18.3 Å². The molecule has 0 saturated carbocycles. The summed E-state index contributed by atoms with van der Waals surface area (Å²) in [6.07, 6.45) is 4.96. The van der Waals surface area contributed by atoms with Crippen LogP contribution in [0.25, 0.3) is 0 Å². The Morgan fingerprint density at radius 3 is 2.79 bits per heavy atom. The van der Waals surface area contributed by atoms with Crippen molar-refractivity contribution >= 4 is 16.3 Å². The van der Waals surface area contributed by atoms with E-state index >= 15 is 0 Å². The summed E-state index contributed by atoms with van der Waals surface area (Å²) < 4.78 is 0. The molecule has 78 valence electrons. The highest BCUT2D eigenvalue weighted by Gasteiger charge is 2.32. The third kappa shape index (κ3) is 1.36. The number of anilines is 1. The molecule has 0 amide bonds. The Morgan fingerprint density at radius 1 is 1.43 bits per heavy atom. The number of fused-ring (bicyclic) bond motifs is 1. The molecule has 0 aliphatic heterocycles. The molecule has 1 aliphatic carbocycles. The molecule has 2 N–H and O–H groups in total. The topological polar surface area (TPSA) is 26.0 Å². The van der Waals surface area contributed by atoms with Gasteiger partial charge in [-0.2, -0.15) is 0 Å². The van der Waals surface area contributed by atoms with E-state index in [0.717, 1.165) is 11.4 Å². The monoisotopic (exact) mass is 209 g/mol. The van der Waals surface area contributed by atoms with E-state index in [9.17, 15) is 0 Å². The van der Waals surface area contributed by atoms with Crippen LogP contribution in [0.4, 0.5) is 5.00 Å². The van der Waals surface area contributed by atoms with Gasteiger partial charge in [0.15, 0.2) is 0 Å². The van der Waals surface area contributed by atoms with E-state index in [0.29, 0.717) is 5.41 Å². The number of hydrogen-bond acceptors (Lipinski definition) is 2. The zero-order valence-electron chi connectivity index (χ0n) is 9.31. The maximum absolute atomic E-state index is 6.07. The van der Waals surface area contributed by atoms with Crippen molar-refractivity contribution in [3.63, 3.8) is 0 Å². The average Bonchev–Trinajstić information content (AvgIpc) is 2.41. The molecule has 1 aromatic heterocycles. The first-order valence-corrected chi connectivity index (χ1v) is 6.28. The van der Waals surface area contributed by atoms with Gasteiger partial charge in [0.2, 0.25) is 0 Å².